The van der Waals surface area contributed by atoms with E-state index in [2.05, 4.69) is 20.3 Å². The molecule has 0 atom stereocenters. The van der Waals surface area contributed by atoms with Gasteiger partial charge in [0.2, 0.25) is 5.95 Å². The second kappa shape index (κ2) is 6.32. The number of benzene rings is 1. The molecule has 0 saturated carbocycles. The van der Waals surface area contributed by atoms with Gasteiger partial charge in [0.05, 0.1) is 5.69 Å². The maximum atomic E-state index is 12.0. The van der Waals surface area contributed by atoms with Gasteiger partial charge in [-0.1, -0.05) is 17.7 Å². The number of carbonyl (C=O) groups is 1. The third-order valence-electron chi connectivity index (χ3n) is 2.94. The van der Waals surface area contributed by atoms with Crippen molar-refractivity contribution < 1.29 is 4.79 Å². The smallest absolute Gasteiger partial charge is 0.258 e. The van der Waals surface area contributed by atoms with E-state index >= 15 is 0 Å². The van der Waals surface area contributed by atoms with E-state index in [0.717, 1.165) is 11.3 Å². The van der Waals surface area contributed by atoms with Gasteiger partial charge >= 0.3 is 0 Å². The molecule has 0 bridgehead atoms. The van der Waals surface area contributed by atoms with Gasteiger partial charge in [-0.2, -0.15) is 0 Å². The predicted molar refractivity (Wildman–Crippen MR) is 84.7 cm³/mol. The summed E-state index contributed by atoms with van der Waals surface area (Å²) in [5, 5.41) is 3.21. The zero-order valence-electron chi connectivity index (χ0n) is 11.4. The van der Waals surface area contributed by atoms with Crippen molar-refractivity contribution in [2.45, 2.75) is 0 Å². The summed E-state index contributed by atoms with van der Waals surface area (Å²) in [6, 6.07) is 12.2. The van der Waals surface area contributed by atoms with Gasteiger partial charge < -0.3 is 0 Å². The largest absolute Gasteiger partial charge is 0.290 e. The maximum Gasteiger partial charge on any atom is 0.258 e. The van der Waals surface area contributed by atoms with Crippen LogP contribution in [-0.2, 0) is 0 Å². The summed E-state index contributed by atoms with van der Waals surface area (Å²) >= 11 is 5.79. The lowest BCUT2D eigenvalue weighted by Gasteiger charge is -2.04. The number of pyridine rings is 1. The Kier molecular flexibility index (Phi) is 4.07. The van der Waals surface area contributed by atoms with Gasteiger partial charge in [-0.25, -0.2) is 9.97 Å². The SMILES string of the molecule is O=C(Nc1ncc(-c2ccccn2)cn1)c1ccc(Cl)cc1. The molecule has 1 amide bonds. The molecular weight excluding hydrogens is 300 g/mol. The summed E-state index contributed by atoms with van der Waals surface area (Å²) in [6.07, 6.45) is 4.94. The lowest BCUT2D eigenvalue weighted by atomic mass is 10.2. The summed E-state index contributed by atoms with van der Waals surface area (Å²) in [7, 11) is 0. The minimum absolute atomic E-state index is 0.236. The molecule has 3 rings (SSSR count). The van der Waals surface area contributed by atoms with Crippen molar-refractivity contribution in [3.8, 4) is 11.3 Å². The van der Waals surface area contributed by atoms with Gasteiger partial charge in [0, 0.05) is 34.7 Å². The topological polar surface area (TPSA) is 67.8 Å². The van der Waals surface area contributed by atoms with Crippen LogP contribution in [0.25, 0.3) is 11.3 Å². The second-order valence-electron chi connectivity index (χ2n) is 4.47. The van der Waals surface area contributed by atoms with Crippen LogP contribution >= 0.6 is 11.6 Å². The van der Waals surface area contributed by atoms with Crippen molar-refractivity contribution >= 4 is 23.5 Å². The van der Waals surface area contributed by atoms with Crippen LogP contribution < -0.4 is 5.32 Å². The average Bonchev–Trinajstić information content (AvgIpc) is 2.57. The van der Waals surface area contributed by atoms with Crippen LogP contribution in [0, 0.1) is 0 Å². The fourth-order valence-electron chi connectivity index (χ4n) is 1.83. The van der Waals surface area contributed by atoms with Crippen LogP contribution in [0.4, 0.5) is 5.95 Å². The first-order valence-corrected chi connectivity index (χ1v) is 6.90. The molecule has 0 aliphatic heterocycles. The van der Waals surface area contributed by atoms with E-state index in [1.807, 2.05) is 18.2 Å². The normalized spacial score (nSPS) is 10.2. The van der Waals surface area contributed by atoms with E-state index in [1.54, 1.807) is 42.9 Å². The quantitative estimate of drug-likeness (QED) is 0.804. The third kappa shape index (κ3) is 3.27. The first-order valence-electron chi connectivity index (χ1n) is 6.53. The van der Waals surface area contributed by atoms with Crippen molar-refractivity contribution in [3.63, 3.8) is 0 Å². The second-order valence-corrected chi connectivity index (χ2v) is 4.91. The van der Waals surface area contributed by atoms with E-state index in [0.29, 0.717) is 10.6 Å². The van der Waals surface area contributed by atoms with Gasteiger partial charge in [0.1, 0.15) is 0 Å². The fourth-order valence-corrected chi connectivity index (χ4v) is 1.96. The van der Waals surface area contributed by atoms with Crippen molar-refractivity contribution in [2.75, 3.05) is 5.32 Å². The lowest BCUT2D eigenvalue weighted by molar-refractivity contribution is 0.102. The summed E-state index contributed by atoms with van der Waals surface area (Å²) in [5.74, 6) is -0.0538. The van der Waals surface area contributed by atoms with Gasteiger partial charge in [-0.3, -0.25) is 15.1 Å². The molecule has 0 spiro atoms. The number of anilines is 1. The molecule has 2 heterocycles. The number of amides is 1. The van der Waals surface area contributed by atoms with Gasteiger partial charge in [0.25, 0.3) is 5.91 Å². The zero-order chi connectivity index (χ0) is 15.4. The Hall–Kier alpha value is -2.79. The highest BCUT2D eigenvalue weighted by Gasteiger charge is 2.08. The summed E-state index contributed by atoms with van der Waals surface area (Å²) in [5.41, 5.74) is 2.05. The number of hydrogen-bond donors (Lipinski definition) is 1. The Balaban J connectivity index is 1.73. The average molecular weight is 311 g/mol. The number of nitrogens with zero attached hydrogens (tertiary/aromatic N) is 3. The molecule has 0 aliphatic carbocycles. The summed E-state index contributed by atoms with van der Waals surface area (Å²) in [4.78, 5) is 24.5. The fraction of sp³-hybridized carbons (Fsp3) is 0. The van der Waals surface area contributed by atoms with Crippen molar-refractivity contribution in [1.82, 2.24) is 15.0 Å². The molecule has 108 valence electrons. The van der Waals surface area contributed by atoms with Crippen molar-refractivity contribution in [2.24, 2.45) is 0 Å². The Morgan fingerprint density at radius 2 is 1.68 bits per heavy atom. The highest BCUT2D eigenvalue weighted by atomic mass is 35.5. The first kappa shape index (κ1) is 14.2. The molecule has 6 heteroatoms. The Bertz CT molecular complexity index is 774. The lowest BCUT2D eigenvalue weighted by Crippen LogP contribution is -2.13. The maximum absolute atomic E-state index is 12.0. The molecular formula is C16H11ClN4O. The zero-order valence-corrected chi connectivity index (χ0v) is 12.2. The Morgan fingerprint density at radius 1 is 0.955 bits per heavy atom. The molecule has 1 N–H and O–H groups in total. The van der Waals surface area contributed by atoms with E-state index in [9.17, 15) is 4.79 Å². The highest BCUT2D eigenvalue weighted by molar-refractivity contribution is 6.30. The van der Waals surface area contributed by atoms with Crippen molar-refractivity contribution in [1.29, 1.82) is 0 Å². The highest BCUT2D eigenvalue weighted by Crippen LogP contribution is 2.15. The molecule has 2 aromatic heterocycles. The molecule has 0 radical (unpaired) electrons. The molecule has 0 fully saturated rings. The number of nitrogens with one attached hydrogen (secondary N) is 1. The number of rotatable bonds is 3. The molecule has 3 aromatic rings. The van der Waals surface area contributed by atoms with E-state index in [4.69, 9.17) is 11.6 Å². The van der Waals surface area contributed by atoms with E-state index in [1.165, 1.54) is 0 Å². The monoisotopic (exact) mass is 310 g/mol. The number of halogens is 1. The molecule has 1 aromatic carbocycles. The molecule has 0 unspecified atom stereocenters. The van der Waals surface area contributed by atoms with Gasteiger partial charge in [-0.15, -0.1) is 0 Å². The number of hydrogen-bond acceptors (Lipinski definition) is 4. The minimum Gasteiger partial charge on any atom is -0.290 e. The Morgan fingerprint density at radius 3 is 2.32 bits per heavy atom. The molecule has 0 saturated heterocycles. The summed E-state index contributed by atoms with van der Waals surface area (Å²) < 4.78 is 0. The van der Waals surface area contributed by atoms with E-state index < -0.39 is 0 Å². The van der Waals surface area contributed by atoms with Crippen LogP contribution in [0.5, 0.6) is 0 Å². The number of aromatic nitrogens is 3. The Labute approximate surface area is 132 Å². The van der Waals surface area contributed by atoms with Gasteiger partial charge in [-0.05, 0) is 36.4 Å². The van der Waals surface area contributed by atoms with Crippen molar-refractivity contribution in [3.05, 3.63) is 71.6 Å². The first-order chi connectivity index (χ1) is 10.7. The molecule has 5 nitrogen and oxygen atoms in total. The van der Waals surface area contributed by atoms with Gasteiger partial charge in [0.15, 0.2) is 0 Å². The van der Waals surface area contributed by atoms with E-state index in [-0.39, 0.29) is 11.9 Å². The predicted octanol–water partition coefficient (Wildman–Crippen LogP) is 3.44. The molecule has 0 aliphatic rings. The van der Waals surface area contributed by atoms with Crippen LogP contribution in [0.1, 0.15) is 10.4 Å². The minimum atomic E-state index is -0.290. The van der Waals surface area contributed by atoms with Crippen LogP contribution in [0.3, 0.4) is 0 Å². The summed E-state index contributed by atoms with van der Waals surface area (Å²) in [6.45, 7) is 0. The number of carbonyl (C=O) groups excluding carboxylic acids is 1. The van der Waals surface area contributed by atoms with Crippen LogP contribution in [0.2, 0.25) is 5.02 Å². The third-order valence-corrected chi connectivity index (χ3v) is 3.20. The standard InChI is InChI=1S/C16H11ClN4O/c17-13-6-4-11(5-7-13)15(22)21-16-19-9-12(10-20-16)14-3-1-2-8-18-14/h1-10H,(H,19,20,21,22). The molecule has 22 heavy (non-hydrogen) atoms. The van der Waals surface area contributed by atoms with Crippen LogP contribution in [-0.4, -0.2) is 20.9 Å². The van der Waals surface area contributed by atoms with Crippen LogP contribution in [0.15, 0.2) is 61.1 Å².